The maximum absolute atomic E-state index is 12.4. The molecule has 1 aliphatic rings. The van der Waals surface area contributed by atoms with E-state index >= 15 is 0 Å². The van der Waals surface area contributed by atoms with Crippen molar-refractivity contribution in [3.05, 3.63) is 59.3 Å². The molecule has 0 aliphatic carbocycles. The number of piperidine rings is 1. The van der Waals surface area contributed by atoms with Gasteiger partial charge in [0.05, 0.1) is 5.56 Å². The van der Waals surface area contributed by atoms with Crippen molar-refractivity contribution in [1.82, 2.24) is 15.2 Å². The number of benzene rings is 1. The number of carbonyl (C=O) groups is 1. The van der Waals surface area contributed by atoms with Gasteiger partial charge in [-0.05, 0) is 43.1 Å². The first-order valence-electron chi connectivity index (χ1n) is 9.64. The lowest BCUT2D eigenvalue weighted by atomic mass is 10.0. The van der Waals surface area contributed by atoms with Crippen LogP contribution in [0.5, 0.6) is 5.88 Å². The van der Waals surface area contributed by atoms with Crippen LogP contribution in [-0.4, -0.2) is 41.7 Å². The molecule has 2 aromatic rings. The van der Waals surface area contributed by atoms with Crippen LogP contribution in [-0.2, 0) is 13.1 Å². The minimum atomic E-state index is -4.43. The third-order valence-electron chi connectivity index (χ3n) is 4.78. The lowest BCUT2D eigenvalue weighted by molar-refractivity contribution is -0.154. The van der Waals surface area contributed by atoms with E-state index < -0.39 is 12.8 Å². The third-order valence-corrected chi connectivity index (χ3v) is 4.78. The molecule has 3 rings (SSSR count). The Kier molecular flexibility index (Phi) is 7.09. The van der Waals surface area contributed by atoms with Crippen LogP contribution < -0.4 is 10.1 Å². The molecule has 0 spiro atoms. The van der Waals surface area contributed by atoms with Gasteiger partial charge in [-0.1, -0.05) is 30.7 Å². The third kappa shape index (κ3) is 6.74. The molecule has 0 bridgehead atoms. The summed E-state index contributed by atoms with van der Waals surface area (Å²) < 4.78 is 41.1. The molecule has 5 nitrogen and oxygen atoms in total. The molecule has 1 N–H and O–H groups in total. The summed E-state index contributed by atoms with van der Waals surface area (Å²) in [5.74, 6) is -0.515. The zero-order valence-electron chi connectivity index (χ0n) is 16.0. The molecule has 1 aromatic carbocycles. The normalized spacial score (nSPS) is 15.1. The van der Waals surface area contributed by atoms with E-state index in [1.807, 2.05) is 18.2 Å². The van der Waals surface area contributed by atoms with Gasteiger partial charge < -0.3 is 10.1 Å². The molecule has 8 heteroatoms. The van der Waals surface area contributed by atoms with Gasteiger partial charge >= 0.3 is 6.18 Å². The summed E-state index contributed by atoms with van der Waals surface area (Å²) in [5, 5.41) is 2.85. The van der Waals surface area contributed by atoms with Crippen LogP contribution in [0.25, 0.3) is 0 Å². The summed E-state index contributed by atoms with van der Waals surface area (Å²) in [7, 11) is 0. The number of hydrogen-bond donors (Lipinski definition) is 1. The predicted octanol–water partition coefficient (Wildman–Crippen LogP) is 3.94. The Morgan fingerprint density at radius 1 is 1.07 bits per heavy atom. The van der Waals surface area contributed by atoms with Crippen molar-refractivity contribution in [2.45, 2.75) is 38.5 Å². The molecule has 29 heavy (non-hydrogen) atoms. The molecule has 156 valence electrons. The lowest BCUT2D eigenvalue weighted by Crippen LogP contribution is -2.30. The Bertz CT molecular complexity index is 804. The number of amides is 1. The molecule has 1 fully saturated rings. The second-order valence-electron chi connectivity index (χ2n) is 7.08. The second kappa shape index (κ2) is 9.73. The van der Waals surface area contributed by atoms with Crippen LogP contribution in [0.4, 0.5) is 13.2 Å². The number of hydrogen-bond acceptors (Lipinski definition) is 4. The van der Waals surface area contributed by atoms with Crippen LogP contribution in [0.2, 0.25) is 0 Å². The van der Waals surface area contributed by atoms with E-state index in [4.69, 9.17) is 0 Å². The van der Waals surface area contributed by atoms with Crippen molar-refractivity contribution in [2.75, 3.05) is 19.7 Å². The first-order valence-corrected chi connectivity index (χ1v) is 9.64. The number of rotatable bonds is 7. The first kappa shape index (κ1) is 21.1. The Hall–Kier alpha value is -2.61. The predicted molar refractivity (Wildman–Crippen MR) is 103 cm³/mol. The van der Waals surface area contributed by atoms with Gasteiger partial charge in [0.25, 0.3) is 5.91 Å². The number of ether oxygens (including phenoxy) is 1. The Labute approximate surface area is 167 Å². The molecule has 0 radical (unpaired) electrons. The van der Waals surface area contributed by atoms with E-state index in [1.54, 1.807) is 0 Å². The van der Waals surface area contributed by atoms with Crippen molar-refractivity contribution in [3.63, 3.8) is 0 Å². The quantitative estimate of drug-likeness (QED) is 0.756. The molecular weight excluding hydrogens is 383 g/mol. The highest BCUT2D eigenvalue weighted by Crippen LogP contribution is 2.18. The highest BCUT2D eigenvalue weighted by atomic mass is 19.4. The smallest absolute Gasteiger partial charge is 0.422 e. The lowest BCUT2D eigenvalue weighted by Gasteiger charge is -2.27. The number of likely N-dealkylation sites (tertiary alicyclic amines) is 1. The van der Waals surface area contributed by atoms with Gasteiger partial charge in [0.2, 0.25) is 5.88 Å². The van der Waals surface area contributed by atoms with E-state index in [0.29, 0.717) is 6.54 Å². The van der Waals surface area contributed by atoms with Crippen molar-refractivity contribution < 1.29 is 22.7 Å². The van der Waals surface area contributed by atoms with Gasteiger partial charge in [0.1, 0.15) is 0 Å². The van der Waals surface area contributed by atoms with Gasteiger partial charge in [-0.25, -0.2) is 4.98 Å². The number of halogens is 3. The van der Waals surface area contributed by atoms with Crippen LogP contribution >= 0.6 is 0 Å². The maximum atomic E-state index is 12.4. The second-order valence-corrected chi connectivity index (χ2v) is 7.08. The van der Waals surface area contributed by atoms with Crippen molar-refractivity contribution in [3.8, 4) is 5.88 Å². The van der Waals surface area contributed by atoms with Crippen LogP contribution in [0.15, 0.2) is 42.6 Å². The van der Waals surface area contributed by atoms with Gasteiger partial charge in [-0.15, -0.1) is 0 Å². The maximum Gasteiger partial charge on any atom is 0.422 e. The highest BCUT2D eigenvalue weighted by molar-refractivity contribution is 5.93. The topological polar surface area (TPSA) is 54.5 Å². The van der Waals surface area contributed by atoms with Gasteiger partial charge in [0, 0.05) is 25.4 Å². The van der Waals surface area contributed by atoms with E-state index in [2.05, 4.69) is 26.0 Å². The number of aromatic nitrogens is 1. The molecule has 1 amide bonds. The number of alkyl halides is 3. The number of pyridine rings is 1. The highest BCUT2D eigenvalue weighted by Gasteiger charge is 2.28. The summed E-state index contributed by atoms with van der Waals surface area (Å²) in [6.07, 6.45) is 0.492. The van der Waals surface area contributed by atoms with E-state index in [-0.39, 0.29) is 17.4 Å². The summed E-state index contributed by atoms with van der Waals surface area (Å²) >= 11 is 0. The molecule has 0 saturated carbocycles. The standard InChI is InChI=1S/C21H24F3N3O2/c22-21(23,24)15-29-19-9-8-17(13-25-19)20(28)26-12-16-6-2-3-7-18(16)14-27-10-4-1-5-11-27/h2-3,6-9,13H,1,4-5,10-12,14-15H2,(H,26,28). The minimum Gasteiger partial charge on any atom is -0.468 e. The summed E-state index contributed by atoms with van der Waals surface area (Å²) in [6, 6.07) is 10.7. The molecule has 1 saturated heterocycles. The SMILES string of the molecule is O=C(NCc1ccccc1CN1CCCCC1)c1ccc(OCC(F)(F)F)nc1. The monoisotopic (exact) mass is 407 g/mol. The summed E-state index contributed by atoms with van der Waals surface area (Å²) in [5.41, 5.74) is 2.49. The zero-order chi connectivity index (χ0) is 20.7. The fourth-order valence-electron chi connectivity index (χ4n) is 3.28. The van der Waals surface area contributed by atoms with Gasteiger partial charge in [-0.2, -0.15) is 13.2 Å². The fraction of sp³-hybridized carbons (Fsp3) is 0.429. The Morgan fingerprint density at radius 3 is 2.45 bits per heavy atom. The van der Waals surface area contributed by atoms with Crippen molar-refractivity contribution in [1.29, 1.82) is 0 Å². The van der Waals surface area contributed by atoms with E-state index in [0.717, 1.165) is 25.2 Å². The molecule has 0 unspecified atom stereocenters. The number of nitrogens with zero attached hydrogens (tertiary/aromatic N) is 2. The van der Waals surface area contributed by atoms with Crippen molar-refractivity contribution in [2.24, 2.45) is 0 Å². The average molecular weight is 407 g/mol. The molecular formula is C21H24F3N3O2. The molecule has 1 aliphatic heterocycles. The van der Waals surface area contributed by atoms with E-state index in [1.165, 1.54) is 43.2 Å². The number of nitrogens with one attached hydrogen (secondary N) is 1. The first-order chi connectivity index (χ1) is 13.9. The van der Waals surface area contributed by atoms with E-state index in [9.17, 15) is 18.0 Å². The molecule has 1 aromatic heterocycles. The summed E-state index contributed by atoms with van der Waals surface area (Å²) in [4.78, 5) is 18.6. The Morgan fingerprint density at radius 2 is 1.79 bits per heavy atom. The zero-order valence-corrected chi connectivity index (χ0v) is 16.0. The molecule has 2 heterocycles. The van der Waals surface area contributed by atoms with Crippen LogP contribution in [0.3, 0.4) is 0 Å². The van der Waals surface area contributed by atoms with Gasteiger partial charge in [0.15, 0.2) is 6.61 Å². The number of carbonyl (C=O) groups excluding carboxylic acids is 1. The minimum absolute atomic E-state index is 0.175. The fourth-order valence-corrected chi connectivity index (χ4v) is 3.28. The summed E-state index contributed by atoms with van der Waals surface area (Å²) in [6.45, 7) is 2.00. The average Bonchev–Trinajstić information content (AvgIpc) is 2.72. The van der Waals surface area contributed by atoms with Gasteiger partial charge in [-0.3, -0.25) is 9.69 Å². The Balaban J connectivity index is 1.55. The van der Waals surface area contributed by atoms with Crippen LogP contribution in [0, 0.1) is 0 Å². The largest absolute Gasteiger partial charge is 0.468 e. The van der Waals surface area contributed by atoms with Crippen LogP contribution in [0.1, 0.15) is 40.7 Å². The van der Waals surface area contributed by atoms with Crippen molar-refractivity contribution >= 4 is 5.91 Å². The molecule has 0 atom stereocenters.